The van der Waals surface area contributed by atoms with E-state index >= 15 is 0 Å². The summed E-state index contributed by atoms with van der Waals surface area (Å²) in [6.45, 7) is 0. The van der Waals surface area contributed by atoms with Gasteiger partial charge >= 0.3 is 5.97 Å². The van der Waals surface area contributed by atoms with Crippen molar-refractivity contribution in [2.75, 3.05) is 13.0 Å². The average molecular weight is 213 g/mol. The number of esters is 1. The topological polar surface area (TPSA) is 43.4 Å². The second kappa shape index (κ2) is 4.77. The van der Waals surface area contributed by atoms with Crippen LogP contribution in [0.2, 0.25) is 0 Å². The summed E-state index contributed by atoms with van der Waals surface area (Å²) >= 11 is 5.39. The molecule has 0 N–H and O–H groups in total. The van der Waals surface area contributed by atoms with E-state index in [0.29, 0.717) is 11.1 Å². The van der Waals surface area contributed by atoms with Crippen LogP contribution in [0.15, 0.2) is 24.3 Å². The molecule has 0 aliphatic rings. The molecule has 0 bridgehead atoms. The summed E-state index contributed by atoms with van der Waals surface area (Å²) in [6, 6.07) is 6.27. The van der Waals surface area contributed by atoms with Gasteiger partial charge in [-0.05, 0) is 12.1 Å². The van der Waals surface area contributed by atoms with Crippen molar-refractivity contribution in [2.24, 2.45) is 0 Å². The van der Waals surface area contributed by atoms with Gasteiger partial charge in [0.2, 0.25) is 0 Å². The van der Waals surface area contributed by atoms with Gasteiger partial charge in [-0.3, -0.25) is 4.79 Å². The fourth-order valence-corrected chi connectivity index (χ4v) is 1.17. The molecule has 74 valence electrons. The maximum absolute atomic E-state index is 11.2. The van der Waals surface area contributed by atoms with Gasteiger partial charge in [-0.15, -0.1) is 11.6 Å². The third-order valence-electron chi connectivity index (χ3n) is 1.73. The molecule has 0 aliphatic heterocycles. The van der Waals surface area contributed by atoms with E-state index < -0.39 is 5.97 Å². The van der Waals surface area contributed by atoms with Gasteiger partial charge in [-0.25, -0.2) is 4.79 Å². The second-order valence-electron chi connectivity index (χ2n) is 2.63. The number of carbonyl (C=O) groups is 2. The molecular formula is C10H9ClO3. The highest BCUT2D eigenvalue weighted by atomic mass is 35.5. The molecule has 4 heteroatoms. The van der Waals surface area contributed by atoms with Crippen LogP contribution in [0, 0.1) is 0 Å². The van der Waals surface area contributed by atoms with Gasteiger partial charge in [-0.2, -0.15) is 0 Å². The fourth-order valence-electron chi connectivity index (χ4n) is 1.01. The van der Waals surface area contributed by atoms with Crippen molar-refractivity contribution in [2.45, 2.75) is 0 Å². The molecular weight excluding hydrogens is 204 g/mol. The highest BCUT2D eigenvalue weighted by Crippen LogP contribution is 2.07. The van der Waals surface area contributed by atoms with Gasteiger partial charge in [0.25, 0.3) is 0 Å². The summed E-state index contributed by atoms with van der Waals surface area (Å²) < 4.78 is 4.52. The lowest BCUT2D eigenvalue weighted by Crippen LogP contribution is -2.05. The Morgan fingerprint density at radius 1 is 1.36 bits per heavy atom. The number of halogens is 1. The van der Waals surface area contributed by atoms with E-state index in [2.05, 4.69) is 4.74 Å². The van der Waals surface area contributed by atoms with Gasteiger partial charge in [-0.1, -0.05) is 12.1 Å². The molecule has 1 rings (SSSR count). The zero-order valence-corrected chi connectivity index (χ0v) is 8.38. The van der Waals surface area contributed by atoms with Crippen molar-refractivity contribution in [1.29, 1.82) is 0 Å². The molecule has 0 amide bonds. The first-order chi connectivity index (χ1) is 6.69. The Morgan fingerprint density at radius 2 is 2.00 bits per heavy atom. The summed E-state index contributed by atoms with van der Waals surface area (Å²) in [5.74, 6) is -0.767. The zero-order chi connectivity index (χ0) is 10.6. The van der Waals surface area contributed by atoms with Gasteiger partial charge in [0, 0.05) is 5.56 Å². The predicted molar refractivity (Wildman–Crippen MR) is 52.8 cm³/mol. The molecule has 0 radical (unpaired) electrons. The van der Waals surface area contributed by atoms with E-state index in [4.69, 9.17) is 11.6 Å². The first kappa shape index (κ1) is 10.7. The van der Waals surface area contributed by atoms with E-state index in [1.807, 2.05) is 0 Å². The minimum atomic E-state index is -0.464. The maximum atomic E-state index is 11.2. The monoisotopic (exact) mass is 212 g/mol. The van der Waals surface area contributed by atoms with Gasteiger partial charge in [0.05, 0.1) is 18.6 Å². The Hall–Kier alpha value is -1.35. The molecule has 0 atom stereocenters. The van der Waals surface area contributed by atoms with Crippen molar-refractivity contribution < 1.29 is 14.3 Å². The number of benzene rings is 1. The first-order valence-electron chi connectivity index (χ1n) is 3.96. The predicted octanol–water partition coefficient (Wildman–Crippen LogP) is 1.89. The SMILES string of the molecule is COC(=O)c1cccc(C(=O)CCl)c1. The number of carbonyl (C=O) groups excluding carboxylic acids is 2. The Labute approximate surface area is 86.6 Å². The standard InChI is InChI=1S/C10H9ClO3/c1-14-10(13)8-4-2-3-7(5-8)9(12)6-11/h2-5H,6H2,1H3. The third kappa shape index (κ3) is 2.33. The van der Waals surface area contributed by atoms with Crippen LogP contribution in [0.3, 0.4) is 0 Å². The molecule has 3 nitrogen and oxygen atoms in total. The molecule has 14 heavy (non-hydrogen) atoms. The van der Waals surface area contributed by atoms with Gasteiger partial charge in [0.1, 0.15) is 0 Å². The van der Waals surface area contributed by atoms with Crippen molar-refractivity contribution in [3.05, 3.63) is 35.4 Å². The smallest absolute Gasteiger partial charge is 0.337 e. The summed E-state index contributed by atoms with van der Waals surface area (Å²) in [4.78, 5) is 22.3. The number of rotatable bonds is 3. The summed E-state index contributed by atoms with van der Waals surface area (Å²) in [7, 11) is 1.29. The quantitative estimate of drug-likeness (QED) is 0.437. The number of ether oxygens (including phenoxy) is 1. The van der Waals surface area contributed by atoms with Crippen LogP contribution in [-0.2, 0) is 4.74 Å². The molecule has 0 heterocycles. The lowest BCUT2D eigenvalue weighted by atomic mass is 10.1. The van der Waals surface area contributed by atoms with Crippen molar-refractivity contribution in [1.82, 2.24) is 0 Å². The third-order valence-corrected chi connectivity index (χ3v) is 1.97. The number of methoxy groups -OCH3 is 1. The number of alkyl halides is 1. The van der Waals surface area contributed by atoms with E-state index in [1.54, 1.807) is 18.2 Å². The van der Waals surface area contributed by atoms with Crippen LogP contribution in [-0.4, -0.2) is 24.7 Å². The Balaban J connectivity index is 3.01. The molecule has 0 saturated heterocycles. The van der Waals surface area contributed by atoms with Crippen LogP contribution in [0.25, 0.3) is 0 Å². The van der Waals surface area contributed by atoms with Crippen LogP contribution < -0.4 is 0 Å². The first-order valence-corrected chi connectivity index (χ1v) is 4.50. The molecule has 0 unspecified atom stereocenters. The molecule has 0 aromatic heterocycles. The summed E-state index contributed by atoms with van der Waals surface area (Å²) in [5, 5.41) is 0. The largest absolute Gasteiger partial charge is 0.465 e. The van der Waals surface area contributed by atoms with Crippen molar-refractivity contribution in [3.8, 4) is 0 Å². The lowest BCUT2D eigenvalue weighted by Gasteiger charge is -2.01. The van der Waals surface area contributed by atoms with Crippen LogP contribution in [0.4, 0.5) is 0 Å². The number of Topliss-reactive ketones (excluding diaryl/α,β-unsaturated/α-hetero) is 1. The minimum Gasteiger partial charge on any atom is -0.465 e. The number of ketones is 1. The molecule has 1 aromatic carbocycles. The van der Waals surface area contributed by atoms with Crippen LogP contribution in [0.5, 0.6) is 0 Å². The van der Waals surface area contributed by atoms with E-state index in [-0.39, 0.29) is 11.7 Å². The molecule has 1 aromatic rings. The molecule has 0 fully saturated rings. The zero-order valence-electron chi connectivity index (χ0n) is 7.62. The van der Waals surface area contributed by atoms with E-state index in [1.165, 1.54) is 13.2 Å². The average Bonchev–Trinajstić information content (AvgIpc) is 2.27. The Bertz CT molecular complexity index is 329. The molecule has 0 saturated carbocycles. The van der Waals surface area contributed by atoms with Gasteiger partial charge < -0.3 is 4.74 Å². The second-order valence-corrected chi connectivity index (χ2v) is 2.90. The normalized spacial score (nSPS) is 9.57. The van der Waals surface area contributed by atoms with Crippen LogP contribution >= 0.6 is 11.6 Å². The Morgan fingerprint density at radius 3 is 2.57 bits per heavy atom. The van der Waals surface area contributed by atoms with E-state index in [0.717, 1.165) is 0 Å². The highest BCUT2D eigenvalue weighted by Gasteiger charge is 2.09. The lowest BCUT2D eigenvalue weighted by molar-refractivity contribution is 0.0600. The number of hydrogen-bond donors (Lipinski definition) is 0. The summed E-state index contributed by atoms with van der Waals surface area (Å²) in [6.07, 6.45) is 0. The maximum Gasteiger partial charge on any atom is 0.337 e. The van der Waals surface area contributed by atoms with E-state index in [9.17, 15) is 9.59 Å². The molecule has 0 aliphatic carbocycles. The molecule has 0 spiro atoms. The fraction of sp³-hybridized carbons (Fsp3) is 0.200. The van der Waals surface area contributed by atoms with Gasteiger partial charge in [0.15, 0.2) is 5.78 Å². The van der Waals surface area contributed by atoms with Crippen LogP contribution in [0.1, 0.15) is 20.7 Å². The van der Waals surface area contributed by atoms with Crippen molar-refractivity contribution in [3.63, 3.8) is 0 Å². The summed E-state index contributed by atoms with van der Waals surface area (Å²) in [5.41, 5.74) is 0.770. The number of hydrogen-bond acceptors (Lipinski definition) is 3. The highest BCUT2D eigenvalue weighted by molar-refractivity contribution is 6.30. The van der Waals surface area contributed by atoms with Crippen molar-refractivity contribution >= 4 is 23.4 Å². The minimum absolute atomic E-state index is 0.0926. The Kier molecular flexibility index (Phi) is 3.65.